The van der Waals surface area contributed by atoms with Crippen molar-refractivity contribution in [2.75, 3.05) is 6.54 Å². The van der Waals surface area contributed by atoms with E-state index in [1.165, 1.54) is 0 Å². The molecule has 1 N–H and O–H groups in total. The van der Waals surface area contributed by atoms with Crippen molar-refractivity contribution >= 4 is 11.9 Å². The number of carbonyl (C=O) groups excluding carboxylic acids is 1. The Kier molecular flexibility index (Phi) is 4.11. The normalized spacial score (nSPS) is 15.9. The highest BCUT2D eigenvalue weighted by Crippen LogP contribution is 2.28. The number of hydrogen-bond donors (Lipinski definition) is 1. The first-order chi connectivity index (χ1) is 9.40. The van der Waals surface area contributed by atoms with Gasteiger partial charge in [-0.2, -0.15) is 0 Å². The molecule has 2 rings (SSSR count). The van der Waals surface area contributed by atoms with Crippen molar-refractivity contribution in [2.45, 2.75) is 46.1 Å². The Labute approximate surface area is 117 Å². The van der Waals surface area contributed by atoms with E-state index in [1.807, 2.05) is 0 Å². The predicted octanol–water partition coefficient (Wildman–Crippen LogP) is 1.55. The van der Waals surface area contributed by atoms with E-state index < -0.39 is 11.9 Å². The van der Waals surface area contributed by atoms with Crippen molar-refractivity contribution in [2.24, 2.45) is 5.92 Å². The zero-order valence-corrected chi connectivity index (χ0v) is 12.0. The Morgan fingerprint density at radius 2 is 2.10 bits per heavy atom. The van der Waals surface area contributed by atoms with Crippen LogP contribution in [0.4, 0.5) is 0 Å². The van der Waals surface area contributed by atoms with E-state index in [4.69, 9.17) is 9.63 Å². The van der Waals surface area contributed by atoms with Gasteiger partial charge in [0.25, 0.3) is 0 Å². The van der Waals surface area contributed by atoms with Crippen LogP contribution in [0, 0.1) is 19.8 Å². The van der Waals surface area contributed by atoms with Gasteiger partial charge in [0.15, 0.2) is 0 Å². The van der Waals surface area contributed by atoms with E-state index in [9.17, 15) is 9.59 Å². The monoisotopic (exact) mass is 280 g/mol. The Morgan fingerprint density at radius 1 is 1.45 bits per heavy atom. The summed E-state index contributed by atoms with van der Waals surface area (Å²) >= 11 is 0. The third-order valence-electron chi connectivity index (χ3n) is 3.71. The minimum Gasteiger partial charge on any atom is -0.481 e. The van der Waals surface area contributed by atoms with Crippen LogP contribution in [0.25, 0.3) is 0 Å². The smallest absolute Gasteiger partial charge is 0.308 e. The van der Waals surface area contributed by atoms with Crippen LogP contribution in [0.2, 0.25) is 0 Å². The Hall–Kier alpha value is -1.85. The van der Waals surface area contributed by atoms with Crippen LogP contribution in [0.1, 0.15) is 36.8 Å². The highest BCUT2D eigenvalue weighted by atomic mass is 16.5. The molecule has 6 nitrogen and oxygen atoms in total. The molecule has 1 atom stereocenters. The number of carboxylic acid groups (broad SMARTS) is 1. The van der Waals surface area contributed by atoms with E-state index in [-0.39, 0.29) is 24.9 Å². The van der Waals surface area contributed by atoms with Crippen LogP contribution in [0.15, 0.2) is 4.52 Å². The maximum atomic E-state index is 12.4. The quantitative estimate of drug-likeness (QED) is 0.854. The summed E-state index contributed by atoms with van der Waals surface area (Å²) in [6.45, 7) is 5.48. The average molecular weight is 280 g/mol. The van der Waals surface area contributed by atoms with Gasteiger partial charge in [0.2, 0.25) is 5.91 Å². The molecule has 1 aliphatic rings. The second kappa shape index (κ2) is 5.64. The lowest BCUT2D eigenvalue weighted by Gasteiger charge is -2.24. The van der Waals surface area contributed by atoms with Gasteiger partial charge < -0.3 is 14.5 Å². The molecule has 0 aromatic carbocycles. The van der Waals surface area contributed by atoms with Crippen LogP contribution >= 0.6 is 0 Å². The SMILES string of the molecule is Cc1noc(C)c1CC(=O)N(CC(C)C(=O)O)C1CC1. The van der Waals surface area contributed by atoms with Gasteiger partial charge in [0.1, 0.15) is 5.76 Å². The molecule has 1 heterocycles. The fourth-order valence-electron chi connectivity index (χ4n) is 2.22. The molecular weight excluding hydrogens is 260 g/mol. The van der Waals surface area contributed by atoms with Crippen LogP contribution < -0.4 is 0 Å². The lowest BCUT2D eigenvalue weighted by atomic mass is 10.1. The van der Waals surface area contributed by atoms with Gasteiger partial charge >= 0.3 is 5.97 Å². The second-order valence-corrected chi connectivity index (χ2v) is 5.50. The fourth-order valence-corrected chi connectivity index (χ4v) is 2.22. The van der Waals surface area contributed by atoms with Gasteiger partial charge in [0, 0.05) is 18.2 Å². The molecule has 1 amide bonds. The van der Waals surface area contributed by atoms with Gasteiger partial charge in [-0.25, -0.2) is 0 Å². The molecule has 0 saturated heterocycles. The summed E-state index contributed by atoms with van der Waals surface area (Å²) in [6.07, 6.45) is 2.14. The van der Waals surface area contributed by atoms with Crippen molar-refractivity contribution in [3.8, 4) is 0 Å². The summed E-state index contributed by atoms with van der Waals surface area (Å²) in [7, 11) is 0. The van der Waals surface area contributed by atoms with Crippen LogP contribution in [-0.4, -0.2) is 39.6 Å². The van der Waals surface area contributed by atoms with Gasteiger partial charge in [-0.1, -0.05) is 12.1 Å². The van der Waals surface area contributed by atoms with Crippen molar-refractivity contribution in [1.29, 1.82) is 0 Å². The summed E-state index contributed by atoms with van der Waals surface area (Å²) in [5.41, 5.74) is 1.53. The Bertz CT molecular complexity index is 500. The maximum absolute atomic E-state index is 12.4. The molecule has 0 spiro atoms. The number of hydrogen-bond acceptors (Lipinski definition) is 4. The zero-order valence-electron chi connectivity index (χ0n) is 12.0. The molecule has 1 saturated carbocycles. The van der Waals surface area contributed by atoms with Crippen molar-refractivity contribution in [1.82, 2.24) is 10.1 Å². The molecule has 6 heteroatoms. The summed E-state index contributed by atoms with van der Waals surface area (Å²) < 4.78 is 5.06. The van der Waals surface area contributed by atoms with Crippen molar-refractivity contribution in [3.63, 3.8) is 0 Å². The van der Waals surface area contributed by atoms with E-state index in [0.717, 1.165) is 24.1 Å². The number of amides is 1. The summed E-state index contributed by atoms with van der Waals surface area (Å²) in [5, 5.41) is 12.8. The molecule has 0 aliphatic heterocycles. The number of aromatic nitrogens is 1. The first-order valence-corrected chi connectivity index (χ1v) is 6.84. The number of aliphatic carboxylic acids is 1. The van der Waals surface area contributed by atoms with Gasteiger partial charge in [-0.15, -0.1) is 0 Å². The lowest BCUT2D eigenvalue weighted by molar-refractivity contribution is -0.143. The minimum atomic E-state index is -0.874. The van der Waals surface area contributed by atoms with Crippen LogP contribution in [0.3, 0.4) is 0 Å². The zero-order chi connectivity index (χ0) is 14.9. The minimum absolute atomic E-state index is 0.0463. The second-order valence-electron chi connectivity index (χ2n) is 5.50. The number of carbonyl (C=O) groups is 2. The maximum Gasteiger partial charge on any atom is 0.308 e. The largest absolute Gasteiger partial charge is 0.481 e. The third kappa shape index (κ3) is 3.18. The molecule has 1 aromatic rings. The third-order valence-corrected chi connectivity index (χ3v) is 3.71. The molecule has 110 valence electrons. The average Bonchev–Trinajstić information content (AvgIpc) is 3.17. The Morgan fingerprint density at radius 3 is 2.55 bits per heavy atom. The van der Waals surface area contributed by atoms with Crippen molar-refractivity contribution in [3.05, 3.63) is 17.0 Å². The Balaban J connectivity index is 2.06. The summed E-state index contributed by atoms with van der Waals surface area (Å²) in [6, 6.07) is 0.199. The lowest BCUT2D eigenvalue weighted by Crippen LogP contribution is -2.39. The van der Waals surface area contributed by atoms with Gasteiger partial charge in [-0.05, 0) is 26.7 Å². The molecule has 1 aliphatic carbocycles. The van der Waals surface area contributed by atoms with E-state index in [0.29, 0.717) is 5.76 Å². The molecule has 0 bridgehead atoms. The van der Waals surface area contributed by atoms with Gasteiger partial charge in [-0.3, -0.25) is 9.59 Å². The fraction of sp³-hybridized carbons (Fsp3) is 0.643. The number of aryl methyl sites for hydroxylation is 2. The number of carboxylic acids is 1. The topological polar surface area (TPSA) is 83.6 Å². The molecule has 20 heavy (non-hydrogen) atoms. The highest BCUT2D eigenvalue weighted by molar-refractivity contribution is 5.80. The molecule has 1 fully saturated rings. The van der Waals surface area contributed by atoms with E-state index in [2.05, 4.69) is 5.16 Å². The van der Waals surface area contributed by atoms with Crippen LogP contribution in [0.5, 0.6) is 0 Å². The van der Waals surface area contributed by atoms with E-state index >= 15 is 0 Å². The first kappa shape index (κ1) is 14.6. The standard InChI is InChI=1S/C14H20N2O4/c1-8(14(18)19)7-16(11-4-5-11)13(17)6-12-9(2)15-20-10(12)3/h8,11H,4-7H2,1-3H3,(H,18,19). The summed E-state index contributed by atoms with van der Waals surface area (Å²) in [4.78, 5) is 25.1. The number of nitrogens with zero attached hydrogens (tertiary/aromatic N) is 2. The molecular formula is C14H20N2O4. The van der Waals surface area contributed by atoms with Crippen molar-refractivity contribution < 1.29 is 19.2 Å². The molecule has 0 radical (unpaired) electrons. The molecule has 1 aromatic heterocycles. The van der Waals surface area contributed by atoms with Gasteiger partial charge in [0.05, 0.1) is 18.0 Å². The van der Waals surface area contributed by atoms with E-state index in [1.54, 1.807) is 25.7 Å². The highest BCUT2D eigenvalue weighted by Gasteiger charge is 2.34. The summed E-state index contributed by atoms with van der Waals surface area (Å²) in [5.74, 6) is -0.821. The first-order valence-electron chi connectivity index (χ1n) is 6.84. The predicted molar refractivity (Wildman–Crippen MR) is 71.2 cm³/mol. The van der Waals surface area contributed by atoms with Crippen LogP contribution in [-0.2, 0) is 16.0 Å². The number of rotatable bonds is 6. The molecule has 1 unspecified atom stereocenters.